The Morgan fingerprint density at radius 1 is 1.14 bits per heavy atom. The average Bonchev–Trinajstić information content (AvgIpc) is 2.83. The predicted molar refractivity (Wildman–Crippen MR) is 83.6 cm³/mol. The molecule has 3 nitrogen and oxygen atoms in total. The summed E-state index contributed by atoms with van der Waals surface area (Å²) < 4.78 is 6.97. The first-order valence-electron chi connectivity index (χ1n) is 6.91. The number of hydrogen-bond acceptors (Lipinski definition) is 2. The van der Waals surface area contributed by atoms with Crippen molar-refractivity contribution in [2.45, 2.75) is 13.5 Å². The van der Waals surface area contributed by atoms with E-state index in [0.717, 1.165) is 12.1 Å². The molecule has 0 atom stereocenters. The summed E-state index contributed by atoms with van der Waals surface area (Å²) in [4.78, 5) is 11.7. The maximum absolute atomic E-state index is 11.7. The standard InChI is InChI=1S/C18H17NO2/c1-13-11-19(12-14-6-4-3-5-7-14)17-10-15(18(20)21-2)8-9-16(13)17/h3-11H,12H2,1-2H3. The average molecular weight is 279 g/mol. The van der Waals surface area contributed by atoms with Gasteiger partial charge in [0, 0.05) is 23.6 Å². The molecule has 3 rings (SSSR count). The molecule has 0 fully saturated rings. The molecule has 3 heteroatoms. The molecule has 0 amide bonds. The van der Waals surface area contributed by atoms with E-state index in [1.165, 1.54) is 23.6 Å². The third-order valence-corrected chi connectivity index (χ3v) is 3.70. The Balaban J connectivity index is 2.07. The number of nitrogens with zero attached hydrogens (tertiary/aromatic N) is 1. The van der Waals surface area contributed by atoms with Gasteiger partial charge in [0.15, 0.2) is 0 Å². The molecule has 0 aliphatic heterocycles. The zero-order chi connectivity index (χ0) is 14.8. The van der Waals surface area contributed by atoms with Gasteiger partial charge in [-0.25, -0.2) is 4.79 Å². The van der Waals surface area contributed by atoms with Crippen LogP contribution in [0, 0.1) is 6.92 Å². The second-order valence-electron chi connectivity index (χ2n) is 5.15. The Hall–Kier alpha value is -2.55. The number of aryl methyl sites for hydroxylation is 1. The van der Waals surface area contributed by atoms with Crippen LogP contribution < -0.4 is 0 Å². The van der Waals surface area contributed by atoms with E-state index in [9.17, 15) is 4.79 Å². The minimum absolute atomic E-state index is 0.304. The SMILES string of the molecule is COC(=O)c1ccc2c(C)cn(Cc3ccccc3)c2c1. The van der Waals surface area contributed by atoms with Gasteiger partial charge in [-0.05, 0) is 30.2 Å². The number of aromatic nitrogens is 1. The molecule has 2 aromatic carbocycles. The van der Waals surface area contributed by atoms with E-state index in [-0.39, 0.29) is 5.97 Å². The molecule has 21 heavy (non-hydrogen) atoms. The van der Waals surface area contributed by atoms with Gasteiger partial charge >= 0.3 is 5.97 Å². The summed E-state index contributed by atoms with van der Waals surface area (Å²) in [5.41, 5.74) is 4.08. The van der Waals surface area contributed by atoms with E-state index in [1.54, 1.807) is 0 Å². The molecular weight excluding hydrogens is 262 g/mol. The van der Waals surface area contributed by atoms with Gasteiger partial charge in [0.1, 0.15) is 0 Å². The van der Waals surface area contributed by atoms with Gasteiger partial charge in [0.05, 0.1) is 12.7 Å². The van der Waals surface area contributed by atoms with Crippen molar-refractivity contribution in [3.63, 3.8) is 0 Å². The van der Waals surface area contributed by atoms with Crippen molar-refractivity contribution < 1.29 is 9.53 Å². The number of carbonyl (C=O) groups is 1. The number of hydrogen-bond donors (Lipinski definition) is 0. The zero-order valence-electron chi connectivity index (χ0n) is 12.2. The van der Waals surface area contributed by atoms with E-state index in [4.69, 9.17) is 4.74 Å². The molecule has 0 radical (unpaired) electrons. The molecule has 1 heterocycles. The summed E-state index contributed by atoms with van der Waals surface area (Å²) in [5, 5.41) is 1.17. The van der Waals surface area contributed by atoms with Crippen LogP contribution in [-0.2, 0) is 11.3 Å². The Morgan fingerprint density at radius 3 is 2.62 bits per heavy atom. The van der Waals surface area contributed by atoms with Crippen molar-refractivity contribution in [3.8, 4) is 0 Å². The molecule has 0 spiro atoms. The highest BCUT2D eigenvalue weighted by Gasteiger charge is 2.11. The Morgan fingerprint density at radius 2 is 1.90 bits per heavy atom. The van der Waals surface area contributed by atoms with E-state index < -0.39 is 0 Å². The third kappa shape index (κ3) is 2.55. The van der Waals surface area contributed by atoms with Crippen LogP contribution in [0.3, 0.4) is 0 Å². The number of esters is 1. The molecular formula is C18H17NO2. The number of benzene rings is 2. The first kappa shape index (κ1) is 13.4. The summed E-state index contributed by atoms with van der Waals surface area (Å²) in [6.45, 7) is 2.87. The van der Waals surface area contributed by atoms with Crippen molar-refractivity contribution in [3.05, 3.63) is 71.4 Å². The number of fused-ring (bicyclic) bond motifs is 1. The number of carbonyl (C=O) groups excluding carboxylic acids is 1. The smallest absolute Gasteiger partial charge is 0.337 e. The predicted octanol–water partition coefficient (Wildman–Crippen LogP) is 3.78. The first-order chi connectivity index (χ1) is 10.2. The second-order valence-corrected chi connectivity index (χ2v) is 5.15. The van der Waals surface area contributed by atoms with E-state index in [1.807, 2.05) is 36.4 Å². The second kappa shape index (κ2) is 5.44. The summed E-state index contributed by atoms with van der Waals surface area (Å²) in [6.07, 6.45) is 2.12. The lowest BCUT2D eigenvalue weighted by Gasteiger charge is -2.06. The number of ether oxygens (including phenoxy) is 1. The van der Waals surface area contributed by atoms with Gasteiger partial charge in [0.2, 0.25) is 0 Å². The summed E-state index contributed by atoms with van der Waals surface area (Å²) in [7, 11) is 1.40. The topological polar surface area (TPSA) is 31.2 Å². The maximum Gasteiger partial charge on any atom is 0.337 e. The highest BCUT2D eigenvalue weighted by molar-refractivity contribution is 5.95. The Kier molecular flexibility index (Phi) is 3.48. The summed E-state index contributed by atoms with van der Waals surface area (Å²) >= 11 is 0. The normalized spacial score (nSPS) is 10.8. The van der Waals surface area contributed by atoms with Crippen LogP contribution in [0.25, 0.3) is 10.9 Å². The minimum Gasteiger partial charge on any atom is -0.465 e. The van der Waals surface area contributed by atoms with Crippen LogP contribution in [0.1, 0.15) is 21.5 Å². The van der Waals surface area contributed by atoms with Crippen LogP contribution in [0.2, 0.25) is 0 Å². The van der Waals surface area contributed by atoms with Crippen molar-refractivity contribution >= 4 is 16.9 Å². The third-order valence-electron chi connectivity index (χ3n) is 3.70. The van der Waals surface area contributed by atoms with Crippen LogP contribution in [0.15, 0.2) is 54.7 Å². The lowest BCUT2D eigenvalue weighted by atomic mass is 10.1. The molecule has 0 unspecified atom stereocenters. The fourth-order valence-electron chi connectivity index (χ4n) is 2.63. The minimum atomic E-state index is -0.304. The van der Waals surface area contributed by atoms with E-state index in [0.29, 0.717) is 5.56 Å². The summed E-state index contributed by atoms with van der Waals surface area (Å²) in [6, 6.07) is 16.0. The van der Waals surface area contributed by atoms with Gasteiger partial charge < -0.3 is 9.30 Å². The molecule has 106 valence electrons. The van der Waals surface area contributed by atoms with Gasteiger partial charge in [0.25, 0.3) is 0 Å². The molecule has 0 bridgehead atoms. The molecule has 0 saturated carbocycles. The monoisotopic (exact) mass is 279 g/mol. The lowest BCUT2D eigenvalue weighted by Crippen LogP contribution is -2.02. The molecule has 0 aliphatic carbocycles. The molecule has 0 saturated heterocycles. The summed E-state index contributed by atoms with van der Waals surface area (Å²) in [5.74, 6) is -0.304. The Bertz CT molecular complexity index is 788. The van der Waals surface area contributed by atoms with Crippen molar-refractivity contribution in [1.29, 1.82) is 0 Å². The van der Waals surface area contributed by atoms with Gasteiger partial charge in [-0.3, -0.25) is 0 Å². The van der Waals surface area contributed by atoms with Crippen LogP contribution in [-0.4, -0.2) is 17.6 Å². The van der Waals surface area contributed by atoms with Gasteiger partial charge in [-0.1, -0.05) is 36.4 Å². The van der Waals surface area contributed by atoms with Crippen LogP contribution in [0.4, 0.5) is 0 Å². The number of rotatable bonds is 3. The lowest BCUT2D eigenvalue weighted by molar-refractivity contribution is 0.0601. The fourth-order valence-corrected chi connectivity index (χ4v) is 2.63. The quantitative estimate of drug-likeness (QED) is 0.683. The fraction of sp³-hybridized carbons (Fsp3) is 0.167. The van der Waals surface area contributed by atoms with Crippen LogP contribution >= 0.6 is 0 Å². The molecule has 0 aliphatic rings. The largest absolute Gasteiger partial charge is 0.465 e. The highest BCUT2D eigenvalue weighted by Crippen LogP contribution is 2.23. The zero-order valence-corrected chi connectivity index (χ0v) is 12.2. The van der Waals surface area contributed by atoms with E-state index in [2.05, 4.69) is 29.8 Å². The Labute approximate surface area is 123 Å². The van der Waals surface area contributed by atoms with Crippen molar-refractivity contribution in [2.75, 3.05) is 7.11 Å². The highest BCUT2D eigenvalue weighted by atomic mass is 16.5. The molecule has 1 aromatic heterocycles. The van der Waals surface area contributed by atoms with Crippen molar-refractivity contribution in [1.82, 2.24) is 4.57 Å². The van der Waals surface area contributed by atoms with Gasteiger partial charge in [-0.2, -0.15) is 0 Å². The van der Waals surface area contributed by atoms with Crippen LogP contribution in [0.5, 0.6) is 0 Å². The molecule has 0 N–H and O–H groups in total. The number of methoxy groups -OCH3 is 1. The molecule has 3 aromatic rings. The van der Waals surface area contributed by atoms with E-state index >= 15 is 0 Å². The van der Waals surface area contributed by atoms with Gasteiger partial charge in [-0.15, -0.1) is 0 Å². The first-order valence-corrected chi connectivity index (χ1v) is 6.91. The van der Waals surface area contributed by atoms with Crippen molar-refractivity contribution in [2.24, 2.45) is 0 Å². The maximum atomic E-state index is 11.7.